The molecule has 0 aliphatic carbocycles. The zero-order valence-corrected chi connectivity index (χ0v) is 16.6. The van der Waals surface area contributed by atoms with Gasteiger partial charge in [0.1, 0.15) is 6.04 Å². The standard InChI is InChI=1S/C20H26N4O4/c1-20(2,3)22-19(28)23(4)10-12-6-5-7-13-14(12)11-24(18(13)27)15-8-9-16(25)21-17(15)26/h5-7,11,15,27H,8-10H2,1-4H3,(H,22,28)(H,21,25,26). The second kappa shape index (κ2) is 7.18. The van der Waals surface area contributed by atoms with Gasteiger partial charge in [-0.05, 0) is 38.8 Å². The fraction of sp³-hybridized carbons (Fsp3) is 0.450. The van der Waals surface area contributed by atoms with Crippen molar-refractivity contribution in [3.63, 3.8) is 0 Å². The van der Waals surface area contributed by atoms with Crippen LogP contribution in [0, 0.1) is 0 Å². The predicted molar refractivity (Wildman–Crippen MR) is 105 cm³/mol. The van der Waals surface area contributed by atoms with E-state index in [1.807, 2.05) is 32.9 Å². The van der Waals surface area contributed by atoms with Crippen molar-refractivity contribution >= 4 is 28.6 Å². The van der Waals surface area contributed by atoms with Crippen LogP contribution in [0.5, 0.6) is 5.88 Å². The Hall–Kier alpha value is -3.03. The van der Waals surface area contributed by atoms with Gasteiger partial charge in [0.15, 0.2) is 5.88 Å². The van der Waals surface area contributed by atoms with Crippen LogP contribution in [0.15, 0.2) is 24.4 Å². The van der Waals surface area contributed by atoms with Crippen LogP contribution in [0.25, 0.3) is 10.8 Å². The molecule has 1 fully saturated rings. The molecule has 0 spiro atoms. The monoisotopic (exact) mass is 386 g/mol. The zero-order valence-electron chi connectivity index (χ0n) is 16.6. The normalized spacial score (nSPS) is 17.5. The Morgan fingerprint density at radius 3 is 2.68 bits per heavy atom. The van der Waals surface area contributed by atoms with E-state index in [9.17, 15) is 19.5 Å². The van der Waals surface area contributed by atoms with E-state index in [2.05, 4.69) is 10.6 Å². The quantitative estimate of drug-likeness (QED) is 0.704. The van der Waals surface area contributed by atoms with Gasteiger partial charge in [-0.2, -0.15) is 0 Å². The number of imide groups is 1. The molecule has 0 radical (unpaired) electrons. The summed E-state index contributed by atoms with van der Waals surface area (Å²) in [5.74, 6) is -0.743. The number of urea groups is 1. The maximum absolute atomic E-state index is 12.4. The summed E-state index contributed by atoms with van der Waals surface area (Å²) in [5.41, 5.74) is 0.510. The molecule has 2 heterocycles. The van der Waals surface area contributed by atoms with E-state index in [1.165, 1.54) is 4.57 Å². The van der Waals surface area contributed by atoms with Gasteiger partial charge in [0.05, 0.1) is 0 Å². The highest BCUT2D eigenvalue weighted by Gasteiger charge is 2.30. The number of fused-ring (bicyclic) bond motifs is 1. The number of hydrogen-bond acceptors (Lipinski definition) is 4. The van der Waals surface area contributed by atoms with Crippen LogP contribution in [0.1, 0.15) is 45.2 Å². The average Bonchev–Trinajstić information content (AvgIpc) is 2.91. The Balaban J connectivity index is 1.90. The van der Waals surface area contributed by atoms with Crippen LogP contribution in [-0.4, -0.2) is 45.0 Å². The Morgan fingerprint density at radius 2 is 2.04 bits per heavy atom. The molecule has 1 aliphatic heterocycles. The molecule has 8 heteroatoms. The molecule has 8 nitrogen and oxygen atoms in total. The van der Waals surface area contributed by atoms with Gasteiger partial charge in [-0.15, -0.1) is 0 Å². The Bertz CT molecular complexity index is 942. The number of aromatic hydroxyl groups is 1. The maximum atomic E-state index is 12.4. The SMILES string of the molecule is CN(Cc1cccc2c(O)n(C3CCC(=O)NC3=O)cc12)C(=O)NC(C)(C)C. The van der Waals surface area contributed by atoms with Crippen molar-refractivity contribution in [2.75, 3.05) is 7.05 Å². The third-order valence-corrected chi connectivity index (χ3v) is 4.73. The maximum Gasteiger partial charge on any atom is 0.317 e. The molecule has 1 atom stereocenters. The topological polar surface area (TPSA) is 104 Å². The molecule has 3 rings (SSSR count). The summed E-state index contributed by atoms with van der Waals surface area (Å²) in [4.78, 5) is 37.5. The lowest BCUT2D eigenvalue weighted by Crippen LogP contribution is -2.46. The number of nitrogens with one attached hydrogen (secondary N) is 2. The van der Waals surface area contributed by atoms with Gasteiger partial charge in [-0.25, -0.2) is 4.79 Å². The van der Waals surface area contributed by atoms with Crippen LogP contribution in [0.3, 0.4) is 0 Å². The van der Waals surface area contributed by atoms with Crippen molar-refractivity contribution < 1.29 is 19.5 Å². The molecule has 2 aromatic rings. The first-order valence-electron chi connectivity index (χ1n) is 9.25. The number of rotatable bonds is 3. The number of piperidine rings is 1. The summed E-state index contributed by atoms with van der Waals surface area (Å²) < 4.78 is 1.51. The lowest BCUT2D eigenvalue weighted by atomic mass is 10.1. The minimum atomic E-state index is -0.639. The molecule has 0 bridgehead atoms. The van der Waals surface area contributed by atoms with Crippen LogP contribution in [-0.2, 0) is 16.1 Å². The van der Waals surface area contributed by atoms with Gasteiger partial charge in [-0.1, -0.05) is 12.1 Å². The highest BCUT2D eigenvalue weighted by molar-refractivity contribution is 6.00. The second-order valence-corrected chi connectivity index (χ2v) is 8.24. The highest BCUT2D eigenvalue weighted by atomic mass is 16.3. The summed E-state index contributed by atoms with van der Waals surface area (Å²) in [5, 5.41) is 17.2. The van der Waals surface area contributed by atoms with Gasteiger partial charge >= 0.3 is 6.03 Å². The van der Waals surface area contributed by atoms with Crippen molar-refractivity contribution in [1.29, 1.82) is 0 Å². The predicted octanol–water partition coefficient (Wildman–Crippen LogP) is 2.26. The van der Waals surface area contributed by atoms with Gasteiger partial charge in [0.25, 0.3) is 0 Å². The number of amides is 4. The minimum Gasteiger partial charge on any atom is -0.494 e. The third kappa shape index (κ3) is 3.95. The van der Waals surface area contributed by atoms with Crippen molar-refractivity contribution in [1.82, 2.24) is 20.1 Å². The summed E-state index contributed by atoms with van der Waals surface area (Å²) in [7, 11) is 1.71. The van der Waals surface area contributed by atoms with E-state index in [0.29, 0.717) is 18.4 Å². The second-order valence-electron chi connectivity index (χ2n) is 8.24. The number of hydrogen-bond donors (Lipinski definition) is 3. The van der Waals surface area contributed by atoms with Crippen LogP contribution >= 0.6 is 0 Å². The molecule has 150 valence electrons. The Morgan fingerprint density at radius 1 is 1.32 bits per heavy atom. The first-order chi connectivity index (χ1) is 13.1. The van der Waals surface area contributed by atoms with E-state index in [4.69, 9.17) is 0 Å². The number of carbonyl (C=O) groups is 3. The molecular weight excluding hydrogens is 360 g/mol. The van der Waals surface area contributed by atoms with Gasteiger partial charge in [0.2, 0.25) is 11.8 Å². The molecule has 1 saturated heterocycles. The molecule has 3 N–H and O–H groups in total. The van der Waals surface area contributed by atoms with Crippen molar-refractivity contribution in [2.24, 2.45) is 0 Å². The molecule has 4 amide bonds. The first-order valence-corrected chi connectivity index (χ1v) is 9.25. The van der Waals surface area contributed by atoms with Crippen molar-refractivity contribution in [2.45, 2.75) is 51.7 Å². The van der Waals surface area contributed by atoms with Gasteiger partial charge in [-0.3, -0.25) is 14.9 Å². The molecule has 1 aromatic heterocycles. The summed E-state index contributed by atoms with van der Waals surface area (Å²) in [6.07, 6.45) is 2.28. The lowest BCUT2D eigenvalue weighted by Gasteiger charge is -2.26. The average molecular weight is 386 g/mol. The van der Waals surface area contributed by atoms with Gasteiger partial charge in [0, 0.05) is 42.5 Å². The van der Waals surface area contributed by atoms with Crippen LogP contribution < -0.4 is 10.6 Å². The van der Waals surface area contributed by atoms with Crippen molar-refractivity contribution in [3.05, 3.63) is 30.0 Å². The van der Waals surface area contributed by atoms with Crippen LogP contribution in [0.2, 0.25) is 0 Å². The van der Waals surface area contributed by atoms with E-state index >= 15 is 0 Å². The van der Waals surface area contributed by atoms with Crippen molar-refractivity contribution in [3.8, 4) is 5.88 Å². The number of aromatic nitrogens is 1. The molecule has 1 aliphatic rings. The molecule has 0 saturated carbocycles. The minimum absolute atomic E-state index is 0.0202. The Labute approximate surface area is 163 Å². The Kier molecular flexibility index (Phi) is 5.06. The number of benzene rings is 1. The molecular formula is C20H26N4O4. The fourth-order valence-electron chi connectivity index (χ4n) is 3.37. The number of nitrogens with zero attached hydrogens (tertiary/aromatic N) is 2. The lowest BCUT2D eigenvalue weighted by molar-refractivity contribution is -0.135. The van der Waals surface area contributed by atoms with Crippen LogP contribution in [0.4, 0.5) is 4.79 Å². The first kappa shape index (κ1) is 19.7. The van der Waals surface area contributed by atoms with Gasteiger partial charge < -0.3 is 19.9 Å². The summed E-state index contributed by atoms with van der Waals surface area (Å²) in [6, 6.07) is 4.63. The third-order valence-electron chi connectivity index (χ3n) is 4.73. The molecule has 28 heavy (non-hydrogen) atoms. The summed E-state index contributed by atoms with van der Waals surface area (Å²) >= 11 is 0. The molecule has 1 aromatic carbocycles. The number of carbonyl (C=O) groups excluding carboxylic acids is 3. The van der Waals surface area contributed by atoms with E-state index < -0.39 is 11.9 Å². The van der Waals surface area contributed by atoms with E-state index in [1.54, 1.807) is 24.2 Å². The zero-order chi connectivity index (χ0) is 20.6. The largest absolute Gasteiger partial charge is 0.494 e. The van der Waals surface area contributed by atoms with E-state index in [-0.39, 0.29) is 29.8 Å². The molecule has 1 unspecified atom stereocenters. The summed E-state index contributed by atoms with van der Waals surface area (Å²) in [6.45, 7) is 6.09. The van der Waals surface area contributed by atoms with E-state index in [0.717, 1.165) is 10.9 Å². The highest BCUT2D eigenvalue weighted by Crippen LogP contribution is 2.34. The smallest absolute Gasteiger partial charge is 0.317 e. The fourth-order valence-corrected chi connectivity index (χ4v) is 3.37.